The average molecular weight is 305 g/mol. The van der Waals surface area contributed by atoms with E-state index in [0.29, 0.717) is 6.61 Å². The molecule has 1 aromatic heterocycles. The normalized spacial score (nSPS) is 20.8. The molecule has 1 aromatic rings. The standard InChI is InChI=1S/C11H17BrN2O3/c1-14-9(6-15)11(12)8(13-14)7-17-10-4-2-3-5-16-10/h10,15H,2-7H2,1H3. The smallest absolute Gasteiger partial charge is 0.158 e. The summed E-state index contributed by atoms with van der Waals surface area (Å²) < 4.78 is 13.6. The summed E-state index contributed by atoms with van der Waals surface area (Å²) in [7, 11) is 1.80. The predicted molar refractivity (Wildman–Crippen MR) is 65.2 cm³/mol. The largest absolute Gasteiger partial charge is 0.390 e. The fourth-order valence-electron chi connectivity index (χ4n) is 1.87. The van der Waals surface area contributed by atoms with Gasteiger partial charge in [-0.1, -0.05) is 0 Å². The lowest BCUT2D eigenvalue weighted by Crippen LogP contribution is -2.22. The molecule has 96 valence electrons. The molecule has 2 rings (SSSR count). The molecule has 0 amide bonds. The van der Waals surface area contributed by atoms with Gasteiger partial charge in [0, 0.05) is 13.7 Å². The van der Waals surface area contributed by atoms with Gasteiger partial charge < -0.3 is 14.6 Å². The van der Waals surface area contributed by atoms with Crippen LogP contribution in [0.4, 0.5) is 0 Å². The molecule has 5 nitrogen and oxygen atoms in total. The van der Waals surface area contributed by atoms with Crippen molar-refractivity contribution in [3.63, 3.8) is 0 Å². The summed E-state index contributed by atoms with van der Waals surface area (Å²) in [5, 5.41) is 13.5. The molecule has 1 atom stereocenters. The van der Waals surface area contributed by atoms with Gasteiger partial charge in [-0.3, -0.25) is 4.68 Å². The number of aliphatic hydroxyl groups is 1. The van der Waals surface area contributed by atoms with Crippen LogP contribution >= 0.6 is 15.9 Å². The van der Waals surface area contributed by atoms with E-state index in [2.05, 4.69) is 21.0 Å². The van der Waals surface area contributed by atoms with Crippen LogP contribution in [-0.2, 0) is 29.7 Å². The van der Waals surface area contributed by atoms with Gasteiger partial charge in [-0.15, -0.1) is 0 Å². The van der Waals surface area contributed by atoms with Crippen molar-refractivity contribution in [3.8, 4) is 0 Å². The molecular weight excluding hydrogens is 288 g/mol. The summed E-state index contributed by atoms with van der Waals surface area (Å²) in [4.78, 5) is 0. The summed E-state index contributed by atoms with van der Waals surface area (Å²) in [6.07, 6.45) is 3.09. The number of aryl methyl sites for hydroxylation is 1. The molecule has 0 aliphatic carbocycles. The first-order valence-electron chi connectivity index (χ1n) is 5.76. The van der Waals surface area contributed by atoms with Crippen LogP contribution < -0.4 is 0 Å². The first kappa shape index (κ1) is 13.0. The van der Waals surface area contributed by atoms with E-state index < -0.39 is 0 Å². The number of hydrogen-bond acceptors (Lipinski definition) is 4. The molecule has 0 aromatic carbocycles. The summed E-state index contributed by atoms with van der Waals surface area (Å²) in [6.45, 7) is 1.14. The highest BCUT2D eigenvalue weighted by Crippen LogP contribution is 2.23. The maximum Gasteiger partial charge on any atom is 0.158 e. The van der Waals surface area contributed by atoms with Gasteiger partial charge in [0.05, 0.1) is 23.4 Å². The van der Waals surface area contributed by atoms with Crippen LogP contribution in [0.25, 0.3) is 0 Å². The van der Waals surface area contributed by atoms with Crippen LogP contribution in [0.15, 0.2) is 4.47 Å². The number of halogens is 1. The molecule has 2 heterocycles. The van der Waals surface area contributed by atoms with Crippen LogP contribution in [0.5, 0.6) is 0 Å². The molecule has 1 unspecified atom stereocenters. The van der Waals surface area contributed by atoms with Crippen LogP contribution in [0.1, 0.15) is 30.7 Å². The minimum Gasteiger partial charge on any atom is -0.390 e. The number of ether oxygens (including phenoxy) is 2. The average Bonchev–Trinajstić information content (AvgIpc) is 2.63. The summed E-state index contributed by atoms with van der Waals surface area (Å²) in [5.41, 5.74) is 1.55. The summed E-state index contributed by atoms with van der Waals surface area (Å²) >= 11 is 3.42. The van der Waals surface area contributed by atoms with Crippen molar-refractivity contribution in [2.75, 3.05) is 6.61 Å². The third-order valence-corrected chi connectivity index (χ3v) is 3.78. The SMILES string of the molecule is Cn1nc(COC2CCCCO2)c(Br)c1CO. The first-order chi connectivity index (χ1) is 8.22. The van der Waals surface area contributed by atoms with Crippen LogP contribution in [0, 0.1) is 0 Å². The van der Waals surface area contributed by atoms with Crippen molar-refractivity contribution in [2.45, 2.75) is 38.8 Å². The third kappa shape index (κ3) is 3.07. The van der Waals surface area contributed by atoms with Gasteiger partial charge >= 0.3 is 0 Å². The lowest BCUT2D eigenvalue weighted by molar-refractivity contribution is -0.169. The first-order valence-corrected chi connectivity index (χ1v) is 6.56. The second kappa shape index (κ2) is 5.95. The molecule has 1 saturated heterocycles. The molecule has 0 saturated carbocycles. The predicted octanol–water partition coefficient (Wildman–Crippen LogP) is 1.72. The van der Waals surface area contributed by atoms with Gasteiger partial charge in [0.15, 0.2) is 6.29 Å². The van der Waals surface area contributed by atoms with Crippen molar-refractivity contribution in [1.82, 2.24) is 9.78 Å². The van der Waals surface area contributed by atoms with Gasteiger partial charge in [0.25, 0.3) is 0 Å². The quantitative estimate of drug-likeness (QED) is 0.920. The molecule has 1 N–H and O–H groups in total. The van der Waals surface area contributed by atoms with E-state index >= 15 is 0 Å². The minimum atomic E-state index is -0.116. The van der Waals surface area contributed by atoms with Crippen molar-refractivity contribution < 1.29 is 14.6 Å². The maximum atomic E-state index is 9.17. The second-order valence-corrected chi connectivity index (χ2v) is 4.89. The monoisotopic (exact) mass is 304 g/mol. The van der Waals surface area contributed by atoms with Gasteiger partial charge in [0.1, 0.15) is 5.69 Å². The zero-order valence-corrected chi connectivity index (χ0v) is 11.4. The molecule has 1 fully saturated rings. The molecule has 6 heteroatoms. The number of aromatic nitrogens is 2. The van der Waals surface area contributed by atoms with E-state index in [1.165, 1.54) is 0 Å². The Bertz CT molecular complexity index is 375. The fourth-order valence-corrected chi connectivity index (χ4v) is 2.45. The van der Waals surface area contributed by atoms with Gasteiger partial charge in [0.2, 0.25) is 0 Å². The summed E-state index contributed by atoms with van der Waals surface area (Å²) in [5.74, 6) is 0. The van der Waals surface area contributed by atoms with Gasteiger partial charge in [-0.05, 0) is 35.2 Å². The molecule has 0 spiro atoms. The molecule has 0 bridgehead atoms. The van der Waals surface area contributed by atoms with E-state index in [0.717, 1.165) is 41.7 Å². The van der Waals surface area contributed by atoms with Crippen LogP contribution in [-0.4, -0.2) is 27.8 Å². The highest BCUT2D eigenvalue weighted by atomic mass is 79.9. The van der Waals surface area contributed by atoms with Crippen molar-refractivity contribution >= 4 is 15.9 Å². The van der Waals surface area contributed by atoms with Gasteiger partial charge in [-0.2, -0.15) is 5.10 Å². The number of rotatable bonds is 4. The minimum absolute atomic E-state index is 0.0377. The highest BCUT2D eigenvalue weighted by Gasteiger charge is 2.17. The number of aliphatic hydroxyl groups excluding tert-OH is 1. The van der Waals surface area contributed by atoms with Crippen molar-refractivity contribution in [1.29, 1.82) is 0 Å². The maximum absolute atomic E-state index is 9.17. The second-order valence-electron chi connectivity index (χ2n) is 4.10. The third-order valence-electron chi connectivity index (χ3n) is 2.86. The molecule has 0 radical (unpaired) electrons. The fraction of sp³-hybridized carbons (Fsp3) is 0.727. The Hall–Kier alpha value is -0.430. The Balaban J connectivity index is 1.94. The molecule has 17 heavy (non-hydrogen) atoms. The Morgan fingerprint density at radius 2 is 2.41 bits per heavy atom. The molecule has 1 aliphatic rings. The zero-order valence-electron chi connectivity index (χ0n) is 9.86. The zero-order chi connectivity index (χ0) is 12.3. The van der Waals surface area contributed by atoms with E-state index in [4.69, 9.17) is 9.47 Å². The van der Waals surface area contributed by atoms with E-state index in [9.17, 15) is 5.11 Å². The lowest BCUT2D eigenvalue weighted by Gasteiger charge is -2.22. The van der Waals surface area contributed by atoms with Crippen molar-refractivity contribution in [3.05, 3.63) is 15.9 Å². The van der Waals surface area contributed by atoms with E-state index in [1.807, 2.05) is 0 Å². The topological polar surface area (TPSA) is 56.5 Å². The Kier molecular flexibility index (Phi) is 4.55. The number of nitrogens with zero attached hydrogens (tertiary/aromatic N) is 2. The molecular formula is C11H17BrN2O3. The van der Waals surface area contributed by atoms with E-state index in [1.54, 1.807) is 11.7 Å². The van der Waals surface area contributed by atoms with Crippen molar-refractivity contribution in [2.24, 2.45) is 7.05 Å². The molecule has 1 aliphatic heterocycles. The Labute approximate surface area is 109 Å². The summed E-state index contributed by atoms with van der Waals surface area (Å²) in [6, 6.07) is 0. The number of hydrogen-bond donors (Lipinski definition) is 1. The lowest BCUT2D eigenvalue weighted by atomic mass is 10.2. The van der Waals surface area contributed by atoms with E-state index in [-0.39, 0.29) is 12.9 Å². The van der Waals surface area contributed by atoms with Crippen LogP contribution in [0.2, 0.25) is 0 Å². The van der Waals surface area contributed by atoms with Crippen LogP contribution in [0.3, 0.4) is 0 Å². The Morgan fingerprint density at radius 3 is 3.00 bits per heavy atom. The highest BCUT2D eigenvalue weighted by molar-refractivity contribution is 9.10. The van der Waals surface area contributed by atoms with Gasteiger partial charge in [-0.25, -0.2) is 0 Å². The Morgan fingerprint density at radius 1 is 1.59 bits per heavy atom.